The van der Waals surface area contributed by atoms with Crippen LogP contribution in [0.5, 0.6) is 0 Å². The number of anilines is 1. The van der Waals surface area contributed by atoms with Gasteiger partial charge >= 0.3 is 0 Å². The van der Waals surface area contributed by atoms with E-state index in [4.69, 9.17) is 11.6 Å². The lowest BCUT2D eigenvalue weighted by atomic mass is 10.0. The molecule has 0 unspecified atom stereocenters. The second-order valence-electron chi connectivity index (χ2n) is 4.23. The molecule has 1 saturated heterocycles. The van der Waals surface area contributed by atoms with Crippen molar-refractivity contribution in [1.29, 1.82) is 0 Å². The zero-order valence-electron chi connectivity index (χ0n) is 9.82. The van der Waals surface area contributed by atoms with Crippen molar-refractivity contribution >= 4 is 28.1 Å². The predicted molar refractivity (Wildman–Crippen MR) is 70.7 cm³/mol. The molecule has 0 radical (unpaired) electrons. The average Bonchev–Trinajstić information content (AvgIpc) is 2.75. The Hall–Kier alpha value is -0.320. The summed E-state index contributed by atoms with van der Waals surface area (Å²) in [5.41, 5.74) is 0. The van der Waals surface area contributed by atoms with Crippen molar-refractivity contribution < 1.29 is 0 Å². The Morgan fingerprint density at radius 1 is 1.56 bits per heavy atom. The second-order valence-corrected chi connectivity index (χ2v) is 5.45. The normalized spacial score (nSPS) is 18.9. The Kier molecular flexibility index (Phi) is 4.05. The number of aromatic nitrogens is 1. The fourth-order valence-electron chi connectivity index (χ4n) is 2.19. The Morgan fingerprint density at radius 3 is 2.75 bits per heavy atom. The van der Waals surface area contributed by atoms with Crippen molar-refractivity contribution in [2.45, 2.75) is 25.8 Å². The third-order valence-corrected chi connectivity index (χ3v) is 4.57. The molecule has 0 atom stereocenters. The maximum absolute atomic E-state index is 5.85. The Bertz CT molecular complexity index is 334. The Morgan fingerprint density at radius 2 is 2.25 bits per heavy atom. The van der Waals surface area contributed by atoms with E-state index < -0.39 is 0 Å². The molecule has 1 aliphatic heterocycles. The van der Waals surface area contributed by atoms with Gasteiger partial charge in [-0.05, 0) is 19.4 Å². The molecule has 5 heteroatoms. The zero-order valence-corrected chi connectivity index (χ0v) is 11.4. The van der Waals surface area contributed by atoms with Crippen LogP contribution in [-0.4, -0.2) is 42.6 Å². The molecule has 2 heterocycles. The topological polar surface area (TPSA) is 19.4 Å². The van der Waals surface area contributed by atoms with E-state index in [1.165, 1.54) is 32.5 Å². The molecule has 0 amide bonds. The van der Waals surface area contributed by atoms with Gasteiger partial charge in [-0.2, -0.15) is 0 Å². The smallest absolute Gasteiger partial charge is 0.186 e. The molecular weight excluding hydrogens is 242 g/mol. The number of piperidine rings is 1. The summed E-state index contributed by atoms with van der Waals surface area (Å²) in [6, 6.07) is 0.616. The maximum Gasteiger partial charge on any atom is 0.186 e. The third-order valence-electron chi connectivity index (χ3n) is 3.32. The molecule has 90 valence electrons. The lowest BCUT2D eigenvalue weighted by Gasteiger charge is -2.36. The molecule has 3 nitrogen and oxygen atoms in total. The van der Waals surface area contributed by atoms with Gasteiger partial charge in [0.15, 0.2) is 5.13 Å². The van der Waals surface area contributed by atoms with E-state index in [2.05, 4.69) is 28.8 Å². The van der Waals surface area contributed by atoms with E-state index in [9.17, 15) is 0 Å². The summed E-state index contributed by atoms with van der Waals surface area (Å²) in [5.74, 6) is 0. The molecule has 0 aliphatic carbocycles. The number of hydrogen-bond donors (Lipinski definition) is 0. The van der Waals surface area contributed by atoms with Crippen LogP contribution in [0, 0.1) is 0 Å². The first kappa shape index (κ1) is 12.1. The number of halogens is 1. The highest BCUT2D eigenvalue weighted by atomic mass is 35.5. The molecule has 0 saturated carbocycles. The molecule has 1 aromatic heterocycles. The molecule has 0 aromatic carbocycles. The zero-order chi connectivity index (χ0) is 11.5. The minimum absolute atomic E-state index is 0.609. The standard InChI is InChI=1S/C11H18ClN3S/c1-3-15-6-4-9(5-7-15)14(2)11-13-10(12)8-16-11/h8-9H,3-7H2,1-2H3. The first-order valence-corrected chi connectivity index (χ1v) is 7.02. The summed E-state index contributed by atoms with van der Waals surface area (Å²) >= 11 is 7.48. The van der Waals surface area contributed by atoms with E-state index in [-0.39, 0.29) is 0 Å². The molecular formula is C11H18ClN3S. The molecule has 16 heavy (non-hydrogen) atoms. The fraction of sp³-hybridized carbons (Fsp3) is 0.727. The quantitative estimate of drug-likeness (QED) is 0.832. The van der Waals surface area contributed by atoms with Crippen molar-refractivity contribution in [2.24, 2.45) is 0 Å². The number of hydrogen-bond acceptors (Lipinski definition) is 4. The van der Waals surface area contributed by atoms with Crippen LogP contribution in [0.4, 0.5) is 5.13 Å². The summed E-state index contributed by atoms with van der Waals surface area (Å²) in [6.45, 7) is 5.79. The van der Waals surface area contributed by atoms with Gasteiger partial charge in [0.1, 0.15) is 5.15 Å². The summed E-state index contributed by atoms with van der Waals surface area (Å²) in [5, 5.41) is 3.55. The average molecular weight is 260 g/mol. The molecule has 1 fully saturated rings. The van der Waals surface area contributed by atoms with Gasteiger partial charge in [0.2, 0.25) is 0 Å². The summed E-state index contributed by atoms with van der Waals surface area (Å²) < 4.78 is 0. The van der Waals surface area contributed by atoms with Crippen LogP contribution in [0.1, 0.15) is 19.8 Å². The highest BCUT2D eigenvalue weighted by Gasteiger charge is 2.23. The monoisotopic (exact) mass is 259 g/mol. The minimum Gasteiger partial charge on any atom is -0.348 e. The molecule has 1 aliphatic rings. The Balaban J connectivity index is 1.93. The Labute approximate surface area is 106 Å². The number of thiazole rings is 1. The summed E-state index contributed by atoms with van der Waals surface area (Å²) in [7, 11) is 2.13. The van der Waals surface area contributed by atoms with Crippen molar-refractivity contribution in [3.63, 3.8) is 0 Å². The lowest BCUT2D eigenvalue weighted by Crippen LogP contribution is -2.43. The maximum atomic E-state index is 5.85. The van der Waals surface area contributed by atoms with Crippen molar-refractivity contribution in [3.8, 4) is 0 Å². The minimum atomic E-state index is 0.609. The van der Waals surface area contributed by atoms with Crippen molar-refractivity contribution in [2.75, 3.05) is 31.6 Å². The summed E-state index contributed by atoms with van der Waals surface area (Å²) in [4.78, 5) is 9.10. The molecule has 0 bridgehead atoms. The van der Waals surface area contributed by atoms with Crippen LogP contribution in [-0.2, 0) is 0 Å². The molecule has 2 rings (SSSR count). The predicted octanol–water partition coefficient (Wildman–Crippen LogP) is 2.72. The van der Waals surface area contributed by atoms with E-state index in [1.807, 2.05) is 5.38 Å². The van der Waals surface area contributed by atoms with Gasteiger partial charge in [-0.1, -0.05) is 18.5 Å². The van der Waals surface area contributed by atoms with Crippen LogP contribution in [0.15, 0.2) is 5.38 Å². The van der Waals surface area contributed by atoms with Gasteiger partial charge in [-0.15, -0.1) is 11.3 Å². The van der Waals surface area contributed by atoms with Crippen LogP contribution in [0.3, 0.4) is 0 Å². The number of rotatable bonds is 3. The molecule has 1 aromatic rings. The van der Waals surface area contributed by atoms with E-state index in [0.29, 0.717) is 11.2 Å². The van der Waals surface area contributed by atoms with Crippen LogP contribution < -0.4 is 4.90 Å². The van der Waals surface area contributed by atoms with Gasteiger partial charge in [0, 0.05) is 31.6 Å². The van der Waals surface area contributed by atoms with E-state index in [0.717, 1.165) is 5.13 Å². The van der Waals surface area contributed by atoms with Gasteiger partial charge in [0.25, 0.3) is 0 Å². The van der Waals surface area contributed by atoms with Gasteiger partial charge < -0.3 is 9.80 Å². The van der Waals surface area contributed by atoms with Crippen LogP contribution in [0.25, 0.3) is 0 Å². The first-order valence-electron chi connectivity index (χ1n) is 5.77. The third kappa shape index (κ3) is 2.67. The molecule has 0 N–H and O–H groups in total. The van der Waals surface area contributed by atoms with Crippen molar-refractivity contribution in [1.82, 2.24) is 9.88 Å². The lowest BCUT2D eigenvalue weighted by molar-refractivity contribution is 0.221. The fourth-order valence-corrected chi connectivity index (χ4v) is 3.17. The second kappa shape index (κ2) is 5.34. The SMILES string of the molecule is CCN1CCC(N(C)c2nc(Cl)cs2)CC1. The van der Waals surface area contributed by atoms with E-state index >= 15 is 0 Å². The van der Waals surface area contributed by atoms with E-state index in [1.54, 1.807) is 11.3 Å². The van der Waals surface area contributed by atoms with Gasteiger partial charge in [0.05, 0.1) is 0 Å². The number of nitrogens with zero attached hydrogens (tertiary/aromatic N) is 3. The van der Waals surface area contributed by atoms with Crippen LogP contribution >= 0.6 is 22.9 Å². The highest BCUT2D eigenvalue weighted by Crippen LogP contribution is 2.26. The van der Waals surface area contributed by atoms with Gasteiger partial charge in [-0.3, -0.25) is 0 Å². The van der Waals surface area contributed by atoms with Gasteiger partial charge in [-0.25, -0.2) is 4.98 Å². The summed E-state index contributed by atoms with van der Waals surface area (Å²) in [6.07, 6.45) is 2.45. The first-order chi connectivity index (χ1) is 7.70. The largest absolute Gasteiger partial charge is 0.348 e. The van der Waals surface area contributed by atoms with Crippen molar-refractivity contribution in [3.05, 3.63) is 10.5 Å². The highest BCUT2D eigenvalue weighted by molar-refractivity contribution is 7.14. The van der Waals surface area contributed by atoms with Crippen LogP contribution in [0.2, 0.25) is 5.15 Å². The number of likely N-dealkylation sites (tertiary alicyclic amines) is 1. The molecule has 0 spiro atoms.